The molecule has 8 heteroatoms. The maximum Gasteiger partial charge on any atom is 0.226 e. The zero-order valence-electron chi connectivity index (χ0n) is 17.0. The van der Waals surface area contributed by atoms with Crippen molar-refractivity contribution >= 4 is 43.3 Å². The highest BCUT2D eigenvalue weighted by molar-refractivity contribution is 9.10. The third-order valence-electron chi connectivity index (χ3n) is 5.99. The molecular formula is C21H29BrN2O4S. The van der Waals surface area contributed by atoms with Gasteiger partial charge in [0.1, 0.15) is 0 Å². The predicted octanol–water partition coefficient (Wildman–Crippen LogP) is 3.61. The summed E-state index contributed by atoms with van der Waals surface area (Å²) in [5.74, 6) is -0.157. The fourth-order valence-corrected chi connectivity index (χ4v) is 6.47. The zero-order chi connectivity index (χ0) is 21.2. The van der Waals surface area contributed by atoms with Crippen LogP contribution in [0.25, 0.3) is 0 Å². The molecule has 0 radical (unpaired) electrons. The first-order valence-corrected chi connectivity index (χ1v) is 12.8. The van der Waals surface area contributed by atoms with E-state index in [4.69, 9.17) is 0 Å². The lowest BCUT2D eigenvalue weighted by molar-refractivity contribution is -0.122. The average molecular weight is 485 g/mol. The standard InChI is InChI=1S/C21H29BrN2O4S/c1-3-20(26)24-10-8-15-12-16(22)13-18(21(15)24)29(27,28)11-9-19(25)23-17-7-5-4-6-14(17)2/h12-14,17H,3-11H2,1-2H3,(H,23,25). The summed E-state index contributed by atoms with van der Waals surface area (Å²) in [6, 6.07) is 3.55. The SMILES string of the molecule is CCC(=O)N1CCc2cc(Br)cc(S(=O)(=O)CCC(=O)NC3CCCCC3C)c21. The van der Waals surface area contributed by atoms with Crippen molar-refractivity contribution in [2.24, 2.45) is 5.92 Å². The molecule has 1 saturated carbocycles. The van der Waals surface area contributed by atoms with Crippen molar-refractivity contribution in [3.63, 3.8) is 0 Å². The summed E-state index contributed by atoms with van der Waals surface area (Å²) in [7, 11) is -3.72. The number of carbonyl (C=O) groups excluding carboxylic acids is 2. The largest absolute Gasteiger partial charge is 0.353 e. The molecule has 3 rings (SSSR count). The van der Waals surface area contributed by atoms with Gasteiger partial charge >= 0.3 is 0 Å². The van der Waals surface area contributed by atoms with Gasteiger partial charge in [-0.1, -0.05) is 42.6 Å². The third kappa shape index (κ3) is 5.02. The summed E-state index contributed by atoms with van der Waals surface area (Å²) in [5.41, 5.74) is 1.33. The summed E-state index contributed by atoms with van der Waals surface area (Å²) in [4.78, 5) is 26.4. The van der Waals surface area contributed by atoms with Gasteiger partial charge in [-0.15, -0.1) is 0 Å². The number of carbonyl (C=O) groups is 2. The summed E-state index contributed by atoms with van der Waals surface area (Å²) in [6.45, 7) is 4.38. The van der Waals surface area contributed by atoms with Crippen LogP contribution >= 0.6 is 15.9 Å². The number of amides is 2. The van der Waals surface area contributed by atoms with Crippen molar-refractivity contribution in [2.45, 2.75) is 69.7 Å². The lowest BCUT2D eigenvalue weighted by Gasteiger charge is -2.29. The second-order valence-electron chi connectivity index (χ2n) is 8.07. The minimum absolute atomic E-state index is 0.0748. The van der Waals surface area contributed by atoms with E-state index in [0.717, 1.165) is 24.8 Å². The Morgan fingerprint density at radius 3 is 2.66 bits per heavy atom. The van der Waals surface area contributed by atoms with Gasteiger partial charge in [0.2, 0.25) is 11.8 Å². The molecule has 1 aliphatic heterocycles. The van der Waals surface area contributed by atoms with Crippen molar-refractivity contribution in [1.82, 2.24) is 5.32 Å². The highest BCUT2D eigenvalue weighted by atomic mass is 79.9. The van der Waals surface area contributed by atoms with Crippen molar-refractivity contribution in [3.05, 3.63) is 22.2 Å². The first-order chi connectivity index (χ1) is 13.7. The van der Waals surface area contributed by atoms with Gasteiger partial charge in [0, 0.05) is 29.9 Å². The highest BCUT2D eigenvalue weighted by Gasteiger charge is 2.32. The second kappa shape index (κ2) is 9.16. The van der Waals surface area contributed by atoms with Crippen molar-refractivity contribution in [1.29, 1.82) is 0 Å². The van der Waals surface area contributed by atoms with Crippen LogP contribution < -0.4 is 10.2 Å². The van der Waals surface area contributed by atoms with Crippen LogP contribution in [-0.4, -0.2) is 38.6 Å². The molecule has 6 nitrogen and oxygen atoms in total. The summed E-state index contributed by atoms with van der Waals surface area (Å²) >= 11 is 3.39. The van der Waals surface area contributed by atoms with Gasteiger partial charge in [-0.25, -0.2) is 8.42 Å². The van der Waals surface area contributed by atoms with E-state index in [1.165, 1.54) is 6.42 Å². The molecule has 1 aromatic rings. The van der Waals surface area contributed by atoms with E-state index in [2.05, 4.69) is 28.2 Å². The molecule has 1 N–H and O–H groups in total. The van der Waals surface area contributed by atoms with E-state index < -0.39 is 9.84 Å². The number of halogens is 1. The Bertz CT molecular complexity index is 900. The van der Waals surface area contributed by atoms with E-state index >= 15 is 0 Å². The highest BCUT2D eigenvalue weighted by Crippen LogP contribution is 2.38. The molecule has 2 aliphatic rings. The van der Waals surface area contributed by atoms with Gasteiger partial charge in [0.15, 0.2) is 9.84 Å². The van der Waals surface area contributed by atoms with E-state index in [-0.39, 0.29) is 34.9 Å². The molecular weight excluding hydrogens is 456 g/mol. The summed E-state index contributed by atoms with van der Waals surface area (Å²) in [6.07, 6.45) is 5.19. The number of rotatable bonds is 6. The number of sulfone groups is 1. The molecule has 1 aromatic carbocycles. The molecule has 29 heavy (non-hydrogen) atoms. The lowest BCUT2D eigenvalue weighted by Crippen LogP contribution is -2.41. The van der Waals surface area contributed by atoms with Crippen LogP contribution in [0, 0.1) is 5.92 Å². The van der Waals surface area contributed by atoms with Crippen molar-refractivity contribution in [3.8, 4) is 0 Å². The van der Waals surface area contributed by atoms with E-state index in [1.54, 1.807) is 17.9 Å². The number of anilines is 1. The van der Waals surface area contributed by atoms with E-state index in [1.807, 2.05) is 6.07 Å². The molecule has 1 aliphatic carbocycles. The molecule has 1 fully saturated rings. The average Bonchev–Trinajstić information content (AvgIpc) is 3.10. The minimum Gasteiger partial charge on any atom is -0.353 e. The first kappa shape index (κ1) is 22.3. The predicted molar refractivity (Wildman–Crippen MR) is 117 cm³/mol. The molecule has 0 aromatic heterocycles. The number of nitrogens with one attached hydrogen (secondary N) is 1. The maximum atomic E-state index is 13.1. The second-order valence-corrected chi connectivity index (χ2v) is 11.1. The maximum absolute atomic E-state index is 13.1. The number of hydrogen-bond donors (Lipinski definition) is 1. The number of benzene rings is 1. The van der Waals surface area contributed by atoms with Crippen LogP contribution in [0.3, 0.4) is 0 Å². The van der Waals surface area contributed by atoms with E-state index in [9.17, 15) is 18.0 Å². The van der Waals surface area contributed by atoms with Crippen molar-refractivity contribution < 1.29 is 18.0 Å². The fraction of sp³-hybridized carbons (Fsp3) is 0.619. The fourth-order valence-electron chi connectivity index (χ4n) is 4.29. The van der Waals surface area contributed by atoms with Crippen LogP contribution in [-0.2, 0) is 25.8 Å². The Morgan fingerprint density at radius 2 is 1.97 bits per heavy atom. The Kier molecular flexibility index (Phi) is 7.04. The lowest BCUT2D eigenvalue weighted by atomic mass is 9.86. The molecule has 0 bridgehead atoms. The monoisotopic (exact) mass is 484 g/mol. The Morgan fingerprint density at radius 1 is 1.24 bits per heavy atom. The van der Waals surface area contributed by atoms with E-state index in [0.29, 0.717) is 35.5 Å². The van der Waals surface area contributed by atoms with Gasteiger partial charge in [0.05, 0.1) is 16.3 Å². The quantitative estimate of drug-likeness (QED) is 0.668. The molecule has 0 spiro atoms. The Hall–Kier alpha value is -1.41. The van der Waals surface area contributed by atoms with Crippen LogP contribution in [0.2, 0.25) is 0 Å². The zero-order valence-corrected chi connectivity index (χ0v) is 19.4. The topological polar surface area (TPSA) is 83.6 Å². The van der Waals surface area contributed by atoms with Gasteiger partial charge < -0.3 is 10.2 Å². The molecule has 2 unspecified atom stereocenters. The number of fused-ring (bicyclic) bond motifs is 1. The Labute approximate surface area is 181 Å². The smallest absolute Gasteiger partial charge is 0.226 e. The third-order valence-corrected chi connectivity index (χ3v) is 8.17. The first-order valence-electron chi connectivity index (χ1n) is 10.4. The Balaban J connectivity index is 1.76. The van der Waals surface area contributed by atoms with Crippen LogP contribution in [0.5, 0.6) is 0 Å². The molecule has 2 atom stereocenters. The van der Waals surface area contributed by atoms with Crippen LogP contribution in [0.4, 0.5) is 5.69 Å². The molecule has 2 amide bonds. The van der Waals surface area contributed by atoms with Gasteiger partial charge in [-0.05, 0) is 42.9 Å². The normalized spacial score (nSPS) is 21.7. The molecule has 1 heterocycles. The molecule has 160 valence electrons. The van der Waals surface area contributed by atoms with Crippen molar-refractivity contribution in [2.75, 3.05) is 17.2 Å². The molecule has 0 saturated heterocycles. The minimum atomic E-state index is -3.72. The van der Waals surface area contributed by atoms with Gasteiger partial charge in [-0.2, -0.15) is 0 Å². The van der Waals surface area contributed by atoms with Crippen LogP contribution in [0.15, 0.2) is 21.5 Å². The van der Waals surface area contributed by atoms with Crippen LogP contribution in [0.1, 0.15) is 57.9 Å². The summed E-state index contributed by atoms with van der Waals surface area (Å²) < 4.78 is 26.9. The van der Waals surface area contributed by atoms with Gasteiger partial charge in [-0.3, -0.25) is 9.59 Å². The summed E-state index contributed by atoms with van der Waals surface area (Å²) in [5, 5.41) is 3.02. The number of hydrogen-bond acceptors (Lipinski definition) is 4. The van der Waals surface area contributed by atoms with Gasteiger partial charge in [0.25, 0.3) is 0 Å². The number of nitrogens with zero attached hydrogens (tertiary/aromatic N) is 1.